The van der Waals surface area contributed by atoms with E-state index in [9.17, 15) is 4.79 Å². The lowest BCUT2D eigenvalue weighted by Crippen LogP contribution is -2.44. The van der Waals surface area contributed by atoms with Crippen molar-refractivity contribution in [1.29, 1.82) is 0 Å². The third-order valence-corrected chi connectivity index (χ3v) is 6.15. The van der Waals surface area contributed by atoms with E-state index in [1.807, 2.05) is 68.4 Å². The maximum Gasteiger partial charge on any atom is 0.265 e. The topological polar surface area (TPSA) is 70.6 Å². The number of nitrogens with one attached hydrogen (secondary N) is 1. The number of ether oxygens (including phenoxy) is 1. The van der Waals surface area contributed by atoms with Crippen LogP contribution in [0.3, 0.4) is 0 Å². The van der Waals surface area contributed by atoms with E-state index in [0.717, 1.165) is 60.1 Å². The fourth-order valence-electron chi connectivity index (χ4n) is 3.75. The first-order valence-corrected chi connectivity index (χ1v) is 11.3. The Labute approximate surface area is 195 Å². The summed E-state index contributed by atoms with van der Waals surface area (Å²) in [7, 11) is 2.14. The van der Waals surface area contributed by atoms with Crippen LogP contribution < -0.4 is 15.0 Å². The van der Waals surface area contributed by atoms with Crippen LogP contribution in [0.1, 0.15) is 18.1 Å². The molecule has 7 heteroatoms. The molecule has 2 heterocycles. The smallest absolute Gasteiger partial charge is 0.265 e. The minimum atomic E-state index is -0.613. The number of anilines is 2. The standard InChI is InChI=1S/C26H31N5O2/c1-18-6-5-7-24(19(18)2)33-20(3)26(32)27-22-10-8-21(9-11-22)23-12-13-25(29-28-23)31-16-14-30(4)15-17-31/h5-13,20H,14-17H2,1-4H3,(H,27,32). The maximum atomic E-state index is 12.6. The number of aryl methyl sites for hydroxylation is 1. The van der Waals surface area contributed by atoms with Crippen LogP contribution in [0.25, 0.3) is 11.3 Å². The van der Waals surface area contributed by atoms with Crippen LogP contribution in [0.15, 0.2) is 54.6 Å². The first-order chi connectivity index (χ1) is 15.9. The van der Waals surface area contributed by atoms with Gasteiger partial charge in [0.05, 0.1) is 5.69 Å². The summed E-state index contributed by atoms with van der Waals surface area (Å²) >= 11 is 0. The molecule has 1 fully saturated rings. The predicted octanol–water partition coefficient (Wildman–Crippen LogP) is 3.92. The van der Waals surface area contributed by atoms with Crippen molar-refractivity contribution in [3.63, 3.8) is 0 Å². The number of nitrogens with zero attached hydrogens (tertiary/aromatic N) is 4. The van der Waals surface area contributed by atoms with Gasteiger partial charge in [-0.15, -0.1) is 10.2 Å². The Morgan fingerprint density at radius 3 is 2.36 bits per heavy atom. The van der Waals surface area contributed by atoms with Crippen molar-refractivity contribution in [2.45, 2.75) is 26.9 Å². The molecule has 1 amide bonds. The SMILES string of the molecule is Cc1cccc(OC(C)C(=O)Nc2ccc(-c3ccc(N4CCN(C)CC4)nn3)cc2)c1C. The summed E-state index contributed by atoms with van der Waals surface area (Å²) in [5.41, 5.74) is 4.64. The van der Waals surface area contributed by atoms with Crippen molar-refractivity contribution in [1.82, 2.24) is 15.1 Å². The Hall–Kier alpha value is -3.45. The van der Waals surface area contributed by atoms with Crippen LogP contribution in [-0.4, -0.2) is 60.3 Å². The lowest BCUT2D eigenvalue weighted by molar-refractivity contribution is -0.122. The van der Waals surface area contributed by atoms with Gasteiger partial charge in [0, 0.05) is 37.4 Å². The van der Waals surface area contributed by atoms with E-state index in [1.165, 1.54) is 0 Å². The van der Waals surface area contributed by atoms with E-state index >= 15 is 0 Å². The van der Waals surface area contributed by atoms with Gasteiger partial charge in [-0.3, -0.25) is 4.79 Å². The summed E-state index contributed by atoms with van der Waals surface area (Å²) in [5.74, 6) is 1.44. The molecule has 2 aromatic carbocycles. The quantitative estimate of drug-likeness (QED) is 0.620. The molecule has 1 N–H and O–H groups in total. The van der Waals surface area contributed by atoms with Crippen molar-refractivity contribution in [3.05, 3.63) is 65.7 Å². The van der Waals surface area contributed by atoms with E-state index in [4.69, 9.17) is 4.74 Å². The van der Waals surface area contributed by atoms with Gasteiger partial charge in [0.1, 0.15) is 5.75 Å². The average molecular weight is 446 g/mol. The molecule has 3 aromatic rings. The minimum absolute atomic E-state index is 0.194. The summed E-state index contributed by atoms with van der Waals surface area (Å²) in [6.45, 7) is 9.77. The summed E-state index contributed by atoms with van der Waals surface area (Å²) < 4.78 is 5.88. The number of amides is 1. The summed E-state index contributed by atoms with van der Waals surface area (Å²) in [5, 5.41) is 11.8. The van der Waals surface area contributed by atoms with Gasteiger partial charge >= 0.3 is 0 Å². The number of carbonyl (C=O) groups is 1. The highest BCUT2D eigenvalue weighted by Crippen LogP contribution is 2.23. The largest absolute Gasteiger partial charge is 0.481 e. The number of likely N-dealkylation sites (N-methyl/N-ethyl adjacent to an activating group) is 1. The molecule has 1 aliphatic rings. The number of aromatic nitrogens is 2. The fraction of sp³-hybridized carbons (Fsp3) is 0.346. The highest BCUT2D eigenvalue weighted by atomic mass is 16.5. The Morgan fingerprint density at radius 1 is 0.970 bits per heavy atom. The minimum Gasteiger partial charge on any atom is -0.481 e. The molecule has 7 nitrogen and oxygen atoms in total. The van der Waals surface area contributed by atoms with Crippen molar-refractivity contribution >= 4 is 17.4 Å². The number of hydrogen-bond donors (Lipinski definition) is 1. The molecule has 1 unspecified atom stereocenters. The summed E-state index contributed by atoms with van der Waals surface area (Å²) in [6, 6.07) is 17.5. The third-order valence-electron chi connectivity index (χ3n) is 6.15. The highest BCUT2D eigenvalue weighted by molar-refractivity contribution is 5.94. The molecule has 33 heavy (non-hydrogen) atoms. The number of piperazine rings is 1. The monoisotopic (exact) mass is 445 g/mol. The summed E-state index contributed by atoms with van der Waals surface area (Å²) in [4.78, 5) is 17.2. The molecule has 172 valence electrons. The molecule has 1 saturated heterocycles. The summed E-state index contributed by atoms with van der Waals surface area (Å²) in [6.07, 6.45) is -0.613. The van der Waals surface area contributed by atoms with Gasteiger partial charge in [-0.05, 0) is 69.3 Å². The Kier molecular flexibility index (Phi) is 6.89. The molecule has 0 bridgehead atoms. The van der Waals surface area contributed by atoms with Gasteiger partial charge in [-0.2, -0.15) is 0 Å². The molecule has 0 spiro atoms. The van der Waals surface area contributed by atoms with Crippen molar-refractivity contribution in [2.75, 3.05) is 43.4 Å². The fourth-order valence-corrected chi connectivity index (χ4v) is 3.75. The first-order valence-electron chi connectivity index (χ1n) is 11.3. The van der Waals surface area contributed by atoms with Crippen molar-refractivity contribution in [2.24, 2.45) is 0 Å². The number of carbonyl (C=O) groups excluding carboxylic acids is 1. The van der Waals surface area contributed by atoms with Crippen LogP contribution in [0.4, 0.5) is 11.5 Å². The van der Waals surface area contributed by atoms with E-state index < -0.39 is 6.10 Å². The number of rotatable bonds is 6. The molecule has 0 radical (unpaired) electrons. The van der Waals surface area contributed by atoms with Gasteiger partial charge in [0.25, 0.3) is 5.91 Å². The lowest BCUT2D eigenvalue weighted by Gasteiger charge is -2.32. The van der Waals surface area contributed by atoms with Gasteiger partial charge in [0.15, 0.2) is 11.9 Å². The second-order valence-corrected chi connectivity index (χ2v) is 8.59. The van der Waals surface area contributed by atoms with Gasteiger partial charge < -0.3 is 19.9 Å². The zero-order chi connectivity index (χ0) is 23.4. The Balaban J connectivity index is 1.36. The van der Waals surface area contributed by atoms with E-state index in [0.29, 0.717) is 5.69 Å². The van der Waals surface area contributed by atoms with Crippen LogP contribution in [0, 0.1) is 13.8 Å². The van der Waals surface area contributed by atoms with Gasteiger partial charge in [-0.1, -0.05) is 24.3 Å². The third kappa shape index (κ3) is 5.49. The molecule has 0 aliphatic carbocycles. The van der Waals surface area contributed by atoms with E-state index in [1.54, 1.807) is 6.92 Å². The average Bonchev–Trinajstić information content (AvgIpc) is 2.83. The van der Waals surface area contributed by atoms with Crippen LogP contribution in [-0.2, 0) is 4.79 Å². The second kappa shape index (κ2) is 10.0. The van der Waals surface area contributed by atoms with Crippen LogP contribution >= 0.6 is 0 Å². The lowest BCUT2D eigenvalue weighted by atomic mass is 10.1. The molecule has 1 atom stereocenters. The van der Waals surface area contributed by atoms with Crippen LogP contribution in [0.5, 0.6) is 5.75 Å². The predicted molar refractivity (Wildman–Crippen MR) is 132 cm³/mol. The maximum absolute atomic E-state index is 12.6. The van der Waals surface area contributed by atoms with Crippen molar-refractivity contribution in [3.8, 4) is 17.0 Å². The van der Waals surface area contributed by atoms with E-state index in [2.05, 4.69) is 32.4 Å². The number of hydrogen-bond acceptors (Lipinski definition) is 6. The molecule has 0 saturated carbocycles. The number of benzene rings is 2. The highest BCUT2D eigenvalue weighted by Gasteiger charge is 2.17. The molecular weight excluding hydrogens is 414 g/mol. The van der Waals surface area contributed by atoms with Gasteiger partial charge in [0.2, 0.25) is 0 Å². The van der Waals surface area contributed by atoms with Crippen LogP contribution in [0.2, 0.25) is 0 Å². The second-order valence-electron chi connectivity index (χ2n) is 8.59. The molecule has 4 rings (SSSR count). The molecule has 1 aromatic heterocycles. The van der Waals surface area contributed by atoms with Gasteiger partial charge in [-0.25, -0.2) is 0 Å². The zero-order valence-electron chi connectivity index (χ0n) is 19.7. The first kappa shape index (κ1) is 22.7. The molecule has 1 aliphatic heterocycles. The normalized spacial score (nSPS) is 15.2. The Bertz CT molecular complexity index is 1090. The Morgan fingerprint density at radius 2 is 1.70 bits per heavy atom. The zero-order valence-corrected chi connectivity index (χ0v) is 19.7. The van der Waals surface area contributed by atoms with Crippen molar-refractivity contribution < 1.29 is 9.53 Å². The molecular formula is C26H31N5O2. The van der Waals surface area contributed by atoms with E-state index in [-0.39, 0.29) is 5.91 Å².